The molecule has 0 bridgehead atoms. The monoisotopic (exact) mass is 528 g/mol. The third kappa shape index (κ3) is 5.31. The SMILES string of the molecule is O=C(ON=C1c2ccccc2C(=NOC(=O)c2ccc(Cl)cc2)C1c1ccccc1)c1ccc(Cl)cc1. The minimum Gasteiger partial charge on any atom is -0.312 e. The van der Waals surface area contributed by atoms with Gasteiger partial charge in [-0.15, -0.1) is 0 Å². The summed E-state index contributed by atoms with van der Waals surface area (Å²) in [5, 5.41) is 9.54. The smallest absolute Gasteiger partial charge is 0.312 e. The molecule has 4 aromatic carbocycles. The molecule has 0 aliphatic heterocycles. The maximum atomic E-state index is 12.7. The van der Waals surface area contributed by atoms with Crippen molar-refractivity contribution in [3.8, 4) is 0 Å². The van der Waals surface area contributed by atoms with Crippen LogP contribution in [0.15, 0.2) is 113 Å². The molecule has 0 saturated heterocycles. The van der Waals surface area contributed by atoms with E-state index in [2.05, 4.69) is 10.3 Å². The van der Waals surface area contributed by atoms with Crippen LogP contribution in [0.2, 0.25) is 10.0 Å². The van der Waals surface area contributed by atoms with Crippen molar-refractivity contribution in [3.63, 3.8) is 0 Å². The standard InChI is InChI=1S/C29H18Cl2N2O4/c30-21-14-10-19(11-15-21)28(34)36-32-26-23-8-4-5-9-24(23)27(25(26)18-6-2-1-3-7-18)33-37-29(35)20-12-16-22(31)17-13-20/h1-17,25H. The summed E-state index contributed by atoms with van der Waals surface area (Å²) in [6.45, 7) is 0. The second kappa shape index (κ2) is 10.8. The van der Waals surface area contributed by atoms with E-state index in [0.29, 0.717) is 43.7 Å². The number of nitrogens with zero attached hydrogens (tertiary/aromatic N) is 2. The number of carbonyl (C=O) groups excluding carboxylic acids is 2. The van der Waals surface area contributed by atoms with E-state index < -0.39 is 17.9 Å². The van der Waals surface area contributed by atoms with E-state index in [4.69, 9.17) is 32.9 Å². The highest BCUT2D eigenvalue weighted by Crippen LogP contribution is 2.36. The molecule has 0 fully saturated rings. The van der Waals surface area contributed by atoms with Gasteiger partial charge in [0, 0.05) is 21.2 Å². The van der Waals surface area contributed by atoms with Crippen molar-refractivity contribution in [2.45, 2.75) is 5.92 Å². The van der Waals surface area contributed by atoms with Crippen LogP contribution < -0.4 is 0 Å². The van der Waals surface area contributed by atoms with Crippen LogP contribution in [-0.2, 0) is 9.68 Å². The van der Waals surface area contributed by atoms with Gasteiger partial charge in [0.1, 0.15) is 11.4 Å². The normalized spacial score (nSPS) is 16.4. The van der Waals surface area contributed by atoms with Crippen molar-refractivity contribution < 1.29 is 19.3 Å². The molecule has 5 rings (SSSR count). The maximum Gasteiger partial charge on any atom is 0.365 e. The summed E-state index contributed by atoms with van der Waals surface area (Å²) in [4.78, 5) is 36.0. The maximum absolute atomic E-state index is 12.7. The molecule has 0 radical (unpaired) electrons. The summed E-state index contributed by atoms with van der Waals surface area (Å²) >= 11 is 11.8. The number of benzene rings is 4. The first-order chi connectivity index (χ1) is 18.0. The molecule has 4 aromatic rings. The average Bonchev–Trinajstić information content (AvgIpc) is 3.25. The Balaban J connectivity index is 1.52. The number of rotatable bonds is 5. The molecule has 1 aliphatic rings. The van der Waals surface area contributed by atoms with Crippen LogP contribution in [0, 0.1) is 0 Å². The molecule has 0 N–H and O–H groups in total. The number of carbonyl (C=O) groups is 2. The molecule has 0 aromatic heterocycles. The van der Waals surface area contributed by atoms with Crippen LogP contribution in [0.4, 0.5) is 0 Å². The van der Waals surface area contributed by atoms with Crippen LogP contribution in [0.5, 0.6) is 0 Å². The van der Waals surface area contributed by atoms with Gasteiger partial charge in [-0.1, -0.05) is 88.1 Å². The van der Waals surface area contributed by atoms with Gasteiger partial charge in [0.15, 0.2) is 0 Å². The zero-order valence-electron chi connectivity index (χ0n) is 19.2. The third-order valence-electron chi connectivity index (χ3n) is 5.77. The Labute approximate surface area is 222 Å². The van der Waals surface area contributed by atoms with E-state index in [1.54, 1.807) is 48.5 Å². The van der Waals surface area contributed by atoms with Crippen molar-refractivity contribution in [3.05, 3.63) is 141 Å². The lowest BCUT2D eigenvalue weighted by Gasteiger charge is -2.13. The summed E-state index contributed by atoms with van der Waals surface area (Å²) in [5.41, 5.74) is 3.80. The number of hydrogen-bond donors (Lipinski definition) is 0. The minimum atomic E-state index is -0.631. The van der Waals surface area contributed by atoms with Crippen LogP contribution >= 0.6 is 23.2 Å². The fourth-order valence-corrected chi connectivity index (χ4v) is 4.25. The summed E-state index contributed by atoms with van der Waals surface area (Å²) in [6.07, 6.45) is 0. The molecule has 6 nitrogen and oxygen atoms in total. The molecular formula is C29H18Cl2N2O4. The highest BCUT2D eigenvalue weighted by molar-refractivity contribution is 6.33. The summed E-state index contributed by atoms with van der Waals surface area (Å²) in [6, 6.07) is 29.5. The number of halogens is 2. The van der Waals surface area contributed by atoms with Crippen molar-refractivity contribution in [1.29, 1.82) is 0 Å². The highest BCUT2D eigenvalue weighted by Gasteiger charge is 2.37. The van der Waals surface area contributed by atoms with Gasteiger partial charge in [0.2, 0.25) is 0 Å². The van der Waals surface area contributed by atoms with Gasteiger partial charge in [-0.2, -0.15) is 0 Å². The van der Waals surface area contributed by atoms with Gasteiger partial charge in [-0.25, -0.2) is 9.59 Å². The number of hydrogen-bond acceptors (Lipinski definition) is 6. The molecular weight excluding hydrogens is 511 g/mol. The fraction of sp³-hybridized carbons (Fsp3) is 0.0345. The zero-order valence-corrected chi connectivity index (χ0v) is 20.7. The number of oxime groups is 2. The van der Waals surface area contributed by atoms with Crippen LogP contribution in [0.1, 0.15) is 43.3 Å². The Morgan fingerprint density at radius 1 is 0.568 bits per heavy atom. The van der Waals surface area contributed by atoms with Crippen molar-refractivity contribution in [2.24, 2.45) is 10.3 Å². The first-order valence-corrected chi connectivity index (χ1v) is 12.0. The zero-order chi connectivity index (χ0) is 25.8. The Morgan fingerprint density at radius 3 is 1.41 bits per heavy atom. The topological polar surface area (TPSA) is 77.3 Å². The van der Waals surface area contributed by atoms with Crippen molar-refractivity contribution >= 4 is 46.6 Å². The van der Waals surface area contributed by atoms with E-state index in [1.165, 1.54) is 0 Å². The molecule has 0 atom stereocenters. The van der Waals surface area contributed by atoms with E-state index in [9.17, 15) is 9.59 Å². The van der Waals surface area contributed by atoms with E-state index in [0.717, 1.165) is 5.56 Å². The Bertz CT molecular complexity index is 1420. The van der Waals surface area contributed by atoms with Gasteiger partial charge >= 0.3 is 11.9 Å². The summed E-state index contributed by atoms with van der Waals surface area (Å²) in [5.74, 6) is -1.81. The quantitative estimate of drug-likeness (QED) is 0.208. The molecule has 0 unspecified atom stereocenters. The van der Waals surface area contributed by atoms with Gasteiger partial charge in [-0.3, -0.25) is 0 Å². The Morgan fingerprint density at radius 2 is 0.973 bits per heavy atom. The van der Waals surface area contributed by atoms with Crippen LogP contribution in [0.25, 0.3) is 0 Å². The molecule has 0 saturated carbocycles. The van der Waals surface area contributed by atoms with E-state index in [-0.39, 0.29) is 0 Å². The van der Waals surface area contributed by atoms with E-state index in [1.807, 2.05) is 54.6 Å². The molecule has 8 heteroatoms. The Hall–Kier alpha value is -4.26. The lowest BCUT2D eigenvalue weighted by Crippen LogP contribution is -2.17. The Kier molecular flexibility index (Phi) is 7.12. The predicted octanol–water partition coefficient (Wildman–Crippen LogP) is 6.91. The molecule has 37 heavy (non-hydrogen) atoms. The van der Waals surface area contributed by atoms with Crippen LogP contribution in [-0.4, -0.2) is 23.4 Å². The lowest BCUT2D eigenvalue weighted by molar-refractivity contribution is 0.0510. The minimum absolute atomic E-state index is 0.307. The van der Waals surface area contributed by atoms with Crippen LogP contribution in [0.3, 0.4) is 0 Å². The van der Waals surface area contributed by atoms with Gasteiger partial charge in [-0.05, 0) is 54.1 Å². The largest absolute Gasteiger partial charge is 0.365 e. The number of fused-ring (bicyclic) bond motifs is 1. The van der Waals surface area contributed by atoms with Gasteiger partial charge in [0.25, 0.3) is 0 Å². The average molecular weight is 529 g/mol. The summed E-state index contributed by atoms with van der Waals surface area (Å²) < 4.78 is 0. The summed E-state index contributed by atoms with van der Waals surface area (Å²) in [7, 11) is 0. The van der Waals surface area contributed by atoms with Gasteiger partial charge in [0.05, 0.1) is 17.0 Å². The second-order valence-electron chi connectivity index (χ2n) is 8.11. The third-order valence-corrected chi connectivity index (χ3v) is 6.28. The second-order valence-corrected chi connectivity index (χ2v) is 8.99. The van der Waals surface area contributed by atoms with Crippen molar-refractivity contribution in [1.82, 2.24) is 0 Å². The lowest BCUT2D eigenvalue weighted by atomic mass is 9.93. The molecule has 0 heterocycles. The molecule has 182 valence electrons. The first-order valence-electron chi connectivity index (χ1n) is 11.3. The first kappa shape index (κ1) is 24.4. The fourth-order valence-electron chi connectivity index (χ4n) is 3.99. The molecule has 0 spiro atoms. The van der Waals surface area contributed by atoms with Gasteiger partial charge < -0.3 is 9.68 Å². The molecule has 1 aliphatic carbocycles. The van der Waals surface area contributed by atoms with Crippen molar-refractivity contribution in [2.75, 3.05) is 0 Å². The highest BCUT2D eigenvalue weighted by atomic mass is 35.5. The molecule has 0 amide bonds. The predicted molar refractivity (Wildman–Crippen MR) is 142 cm³/mol. The van der Waals surface area contributed by atoms with E-state index >= 15 is 0 Å².